The van der Waals surface area contributed by atoms with Crippen LogP contribution in [0.15, 0.2) is 47.6 Å². The Kier molecular flexibility index (Phi) is 29.2. The Balaban J connectivity index is 1.58. The summed E-state index contributed by atoms with van der Waals surface area (Å²) in [4.78, 5) is 85.6. The topological polar surface area (TPSA) is 241 Å². The van der Waals surface area contributed by atoms with Gasteiger partial charge in [0.15, 0.2) is 5.78 Å². The van der Waals surface area contributed by atoms with Crippen LogP contribution in [0.1, 0.15) is 132 Å². The zero-order valence-electron chi connectivity index (χ0n) is 49.2. The largest absolute Gasteiger partial charge is 0.460 e. The van der Waals surface area contributed by atoms with Gasteiger partial charge in [-0.15, -0.1) is 0 Å². The van der Waals surface area contributed by atoms with Crippen molar-refractivity contribution in [3.8, 4) is 0 Å². The number of aliphatic hydroxyl groups excluding tert-OH is 1. The van der Waals surface area contributed by atoms with Crippen molar-refractivity contribution in [2.75, 3.05) is 74.1 Å². The number of ether oxygens (including phenoxy) is 9. The molecule has 4 aliphatic rings. The molecule has 19 nitrogen and oxygen atoms in total. The molecule has 0 spiro atoms. The molecular weight excluding hydrogens is 1020 g/mol. The number of fused-ring (bicyclic) bond motifs is 3. The van der Waals surface area contributed by atoms with Crippen molar-refractivity contribution < 1.29 is 81.6 Å². The van der Waals surface area contributed by atoms with Gasteiger partial charge in [0, 0.05) is 71.6 Å². The number of hydrogen-bond acceptors (Lipinski definition) is 17. The SMILES string of the molecule is CCOCCOCCOCCNC(=O)O[C@@H]1CC[C@@H](C[C@@H](C)[C@@H]2CC(=O)[C@H](C)/C=C(\C)[C@@H](O)[C@@H](OC)C(=O)[C@H](C)C[C@H](C)/C=C/C=C/C=C(\C)C(OC)C[C@@H]3CC[C@@H](C)[C@@](O)(O3)C(=O)C(=O)N3CCCC[C@H]3C(=O)O2)C[C@H]1OC. The lowest BCUT2D eigenvalue weighted by molar-refractivity contribution is -0.265. The fraction of sp³-hybridized carbons (Fsp3) is 0.767. The van der Waals surface area contributed by atoms with Crippen LogP contribution in [0.4, 0.5) is 4.79 Å². The number of Topliss-reactive ketones (excluding diaryl/α,β-unsaturated/α-hetero) is 3. The molecule has 1 unspecified atom stereocenters. The number of piperidine rings is 1. The number of carbonyl (C=O) groups excluding carboxylic acids is 6. The minimum atomic E-state index is -2.46. The van der Waals surface area contributed by atoms with Crippen molar-refractivity contribution in [3.05, 3.63) is 47.6 Å². The van der Waals surface area contributed by atoms with E-state index < -0.39 is 102 Å². The lowest BCUT2D eigenvalue weighted by atomic mass is 9.78. The summed E-state index contributed by atoms with van der Waals surface area (Å²) in [6.07, 6.45) is 9.85. The first-order valence-electron chi connectivity index (χ1n) is 28.9. The molecule has 2 saturated heterocycles. The number of rotatable bonds is 17. The number of methoxy groups -OCH3 is 3. The lowest BCUT2D eigenvalue weighted by Gasteiger charge is -2.42. The predicted octanol–water partition coefficient (Wildman–Crippen LogP) is 6.98. The van der Waals surface area contributed by atoms with E-state index in [9.17, 15) is 39.0 Å². The second kappa shape index (κ2) is 34.3. The van der Waals surface area contributed by atoms with E-state index in [0.29, 0.717) is 103 Å². The highest BCUT2D eigenvalue weighted by Crippen LogP contribution is 2.38. The number of amides is 2. The number of cyclic esters (lactones) is 1. The molecule has 19 heteroatoms. The molecule has 3 heterocycles. The van der Waals surface area contributed by atoms with Crippen LogP contribution in [0.2, 0.25) is 0 Å². The minimum absolute atomic E-state index is 0.00164. The highest BCUT2D eigenvalue weighted by molar-refractivity contribution is 6.39. The number of allylic oxidation sites excluding steroid dienone is 6. The van der Waals surface area contributed by atoms with Crippen LogP contribution < -0.4 is 5.32 Å². The van der Waals surface area contributed by atoms with E-state index in [0.717, 1.165) is 5.57 Å². The van der Waals surface area contributed by atoms with Crippen molar-refractivity contribution in [1.82, 2.24) is 10.2 Å². The molecule has 3 fully saturated rings. The van der Waals surface area contributed by atoms with E-state index in [2.05, 4.69) is 5.32 Å². The standard InChI is InChI=1S/C60H96N2O17/c1-12-74-28-29-76-31-30-75-27-25-61-59(69)78-49-24-22-45(35-52(49)72-10)34-41(5)51-37-48(63)40(4)33-43(7)54(65)55(73-11)53(64)42(6)32-38(2)18-14-13-15-19-39(3)50(71-9)36-46-23-21-44(8)60(70,79-46)56(66)57(67)62-26-17-16-20-47(62)58(68)77-51/h13-15,18-19,33,38,40-42,44-47,49-52,54-55,65,70H,12,16-17,20-32,34-37H2,1-11H3,(H,61,69)/b15-13+,18-14+,39-19+,43-33+/t38-,40-,41-,42-,44-,45+,46+,47+,49-,50?,51+,52-,54-,55+,60-/m1/s1. The molecule has 3 N–H and O–H groups in total. The van der Waals surface area contributed by atoms with Crippen molar-refractivity contribution in [2.24, 2.45) is 35.5 Å². The summed E-state index contributed by atoms with van der Waals surface area (Å²) in [5.74, 6) is -8.42. The zero-order chi connectivity index (χ0) is 58.2. The third-order valence-corrected chi connectivity index (χ3v) is 16.2. The van der Waals surface area contributed by atoms with E-state index in [-0.39, 0.29) is 55.9 Å². The molecule has 15 atom stereocenters. The fourth-order valence-corrected chi connectivity index (χ4v) is 11.2. The Labute approximate surface area is 469 Å². The molecule has 1 saturated carbocycles. The van der Waals surface area contributed by atoms with E-state index in [1.165, 1.54) is 12.0 Å². The number of nitrogens with zero attached hydrogens (tertiary/aromatic N) is 1. The van der Waals surface area contributed by atoms with Crippen LogP contribution >= 0.6 is 0 Å². The number of carbonyl (C=O) groups is 6. The summed E-state index contributed by atoms with van der Waals surface area (Å²) in [6.45, 7) is 17.5. The maximum atomic E-state index is 14.6. The first-order valence-corrected chi connectivity index (χ1v) is 28.9. The van der Waals surface area contributed by atoms with Crippen LogP contribution in [0.5, 0.6) is 0 Å². The maximum Gasteiger partial charge on any atom is 0.407 e. The molecule has 0 aromatic rings. The molecule has 79 heavy (non-hydrogen) atoms. The van der Waals surface area contributed by atoms with E-state index in [4.69, 9.17) is 42.6 Å². The number of ketones is 3. The summed E-state index contributed by atoms with van der Waals surface area (Å²) in [7, 11) is 4.50. The predicted molar refractivity (Wildman–Crippen MR) is 296 cm³/mol. The Morgan fingerprint density at radius 2 is 1.53 bits per heavy atom. The first kappa shape index (κ1) is 67.3. The number of alkyl carbamates (subject to hydrolysis) is 1. The van der Waals surface area contributed by atoms with Gasteiger partial charge in [0.05, 0.1) is 51.3 Å². The van der Waals surface area contributed by atoms with Crippen LogP contribution in [0.25, 0.3) is 0 Å². The van der Waals surface area contributed by atoms with Gasteiger partial charge in [0.2, 0.25) is 5.79 Å². The molecular formula is C60H96N2O17. The molecule has 3 aliphatic heterocycles. The molecule has 2 amide bonds. The van der Waals surface area contributed by atoms with Crippen molar-refractivity contribution in [2.45, 2.75) is 187 Å². The van der Waals surface area contributed by atoms with Gasteiger partial charge in [0.1, 0.15) is 36.2 Å². The van der Waals surface area contributed by atoms with Crippen molar-refractivity contribution >= 4 is 35.3 Å². The van der Waals surface area contributed by atoms with Gasteiger partial charge in [-0.05, 0) is 114 Å². The lowest BCUT2D eigenvalue weighted by Crippen LogP contribution is -2.61. The quantitative estimate of drug-likeness (QED) is 0.0576. The van der Waals surface area contributed by atoms with E-state index in [1.54, 1.807) is 41.1 Å². The number of hydrogen-bond donors (Lipinski definition) is 3. The normalized spacial score (nSPS) is 35.2. The number of esters is 1. The molecule has 448 valence electrons. The van der Waals surface area contributed by atoms with Crippen LogP contribution in [-0.4, -0.2) is 179 Å². The van der Waals surface area contributed by atoms with Gasteiger partial charge in [0.25, 0.3) is 11.7 Å². The highest BCUT2D eigenvalue weighted by atomic mass is 16.6. The van der Waals surface area contributed by atoms with Gasteiger partial charge in [-0.3, -0.25) is 19.2 Å². The smallest absolute Gasteiger partial charge is 0.407 e. The van der Waals surface area contributed by atoms with Gasteiger partial charge in [-0.2, -0.15) is 0 Å². The second-order valence-corrected chi connectivity index (χ2v) is 22.3. The Morgan fingerprint density at radius 3 is 2.22 bits per heavy atom. The second-order valence-electron chi connectivity index (χ2n) is 22.3. The number of aliphatic hydroxyl groups is 2. The summed E-state index contributed by atoms with van der Waals surface area (Å²) >= 11 is 0. The van der Waals surface area contributed by atoms with Gasteiger partial charge >= 0.3 is 12.1 Å². The Bertz CT molecular complexity index is 2080. The minimum Gasteiger partial charge on any atom is -0.460 e. The van der Waals surface area contributed by atoms with Crippen LogP contribution in [0, 0.1) is 35.5 Å². The van der Waals surface area contributed by atoms with E-state index >= 15 is 0 Å². The third-order valence-electron chi connectivity index (χ3n) is 16.2. The Hall–Kier alpha value is -4.18. The summed E-state index contributed by atoms with van der Waals surface area (Å²) in [5, 5.41) is 26.3. The molecule has 0 radical (unpaired) electrons. The number of nitrogens with one attached hydrogen (secondary N) is 1. The van der Waals surface area contributed by atoms with Gasteiger partial charge < -0.3 is 63.1 Å². The molecule has 0 aromatic carbocycles. The average molecular weight is 1120 g/mol. The molecule has 2 bridgehead atoms. The van der Waals surface area contributed by atoms with Gasteiger partial charge in [-0.25, -0.2) is 9.59 Å². The third kappa shape index (κ3) is 20.6. The summed E-state index contributed by atoms with van der Waals surface area (Å²) in [5.41, 5.74) is 1.23. The molecule has 0 aromatic heterocycles. The summed E-state index contributed by atoms with van der Waals surface area (Å²) < 4.78 is 51.9. The zero-order valence-corrected chi connectivity index (χ0v) is 49.2. The molecule has 4 rings (SSSR count). The fourth-order valence-electron chi connectivity index (χ4n) is 11.2. The Morgan fingerprint density at radius 1 is 0.823 bits per heavy atom. The van der Waals surface area contributed by atoms with Crippen LogP contribution in [0.3, 0.4) is 0 Å². The van der Waals surface area contributed by atoms with Gasteiger partial charge in [-0.1, -0.05) is 71.1 Å². The van der Waals surface area contributed by atoms with Crippen LogP contribution in [-0.2, 0) is 66.6 Å². The highest BCUT2D eigenvalue weighted by Gasteiger charge is 2.53. The summed E-state index contributed by atoms with van der Waals surface area (Å²) in [6, 6.07) is -1.19. The monoisotopic (exact) mass is 1120 g/mol. The molecule has 1 aliphatic carbocycles. The van der Waals surface area contributed by atoms with Crippen molar-refractivity contribution in [3.63, 3.8) is 0 Å². The van der Waals surface area contributed by atoms with E-state index in [1.807, 2.05) is 65.0 Å². The first-order chi connectivity index (χ1) is 37.7. The average Bonchev–Trinajstić information content (AvgIpc) is 3.47. The maximum absolute atomic E-state index is 14.6. The van der Waals surface area contributed by atoms with Crippen molar-refractivity contribution in [1.29, 1.82) is 0 Å².